The van der Waals surface area contributed by atoms with Crippen LogP contribution in [0.15, 0.2) is 24.3 Å². The highest BCUT2D eigenvalue weighted by Gasteiger charge is 2.33. The molecule has 17 heavy (non-hydrogen) atoms. The SMILES string of the molecule is CC1CCOC1C(=O)N(C)c1cccc(N)c1. The van der Waals surface area contributed by atoms with Crippen LogP contribution in [0.4, 0.5) is 11.4 Å². The average Bonchev–Trinajstić information content (AvgIpc) is 2.73. The summed E-state index contributed by atoms with van der Waals surface area (Å²) in [6, 6.07) is 7.30. The molecule has 1 aromatic rings. The molecule has 0 bridgehead atoms. The molecule has 1 saturated heterocycles. The van der Waals surface area contributed by atoms with Gasteiger partial charge < -0.3 is 15.4 Å². The number of nitrogens with two attached hydrogens (primary N) is 1. The van der Waals surface area contributed by atoms with Crippen molar-refractivity contribution in [3.8, 4) is 0 Å². The largest absolute Gasteiger partial charge is 0.399 e. The summed E-state index contributed by atoms with van der Waals surface area (Å²) in [6.45, 7) is 2.71. The number of hydrogen-bond acceptors (Lipinski definition) is 3. The zero-order valence-electron chi connectivity index (χ0n) is 10.2. The Balaban J connectivity index is 2.14. The Morgan fingerprint density at radius 2 is 2.29 bits per heavy atom. The second-order valence-corrected chi connectivity index (χ2v) is 4.55. The summed E-state index contributed by atoms with van der Waals surface area (Å²) in [6.07, 6.45) is 0.627. The third-order valence-corrected chi connectivity index (χ3v) is 3.22. The van der Waals surface area contributed by atoms with Crippen LogP contribution in [0, 0.1) is 5.92 Å². The number of ether oxygens (including phenoxy) is 1. The lowest BCUT2D eigenvalue weighted by molar-refractivity contribution is -0.128. The Morgan fingerprint density at radius 1 is 1.53 bits per heavy atom. The van der Waals surface area contributed by atoms with Crippen LogP contribution in [0.2, 0.25) is 0 Å². The quantitative estimate of drug-likeness (QED) is 0.792. The molecule has 4 heteroatoms. The summed E-state index contributed by atoms with van der Waals surface area (Å²) in [5.41, 5.74) is 7.17. The van der Waals surface area contributed by atoms with Crippen molar-refractivity contribution in [1.29, 1.82) is 0 Å². The van der Waals surface area contributed by atoms with E-state index in [1.807, 2.05) is 19.1 Å². The summed E-state index contributed by atoms with van der Waals surface area (Å²) in [5, 5.41) is 0. The summed E-state index contributed by atoms with van der Waals surface area (Å²) >= 11 is 0. The van der Waals surface area contributed by atoms with E-state index in [0.29, 0.717) is 12.3 Å². The minimum Gasteiger partial charge on any atom is -0.399 e. The molecule has 2 rings (SSSR count). The number of likely N-dealkylation sites (N-methyl/N-ethyl adjacent to an activating group) is 1. The standard InChI is InChI=1S/C13H18N2O2/c1-9-6-7-17-12(9)13(16)15(2)11-5-3-4-10(14)8-11/h3-5,8-9,12H,6-7,14H2,1-2H3. The highest BCUT2D eigenvalue weighted by atomic mass is 16.5. The van der Waals surface area contributed by atoms with Crippen molar-refractivity contribution in [3.63, 3.8) is 0 Å². The van der Waals surface area contributed by atoms with E-state index in [1.165, 1.54) is 0 Å². The van der Waals surface area contributed by atoms with E-state index >= 15 is 0 Å². The van der Waals surface area contributed by atoms with Gasteiger partial charge >= 0.3 is 0 Å². The van der Waals surface area contributed by atoms with E-state index in [2.05, 4.69) is 0 Å². The Morgan fingerprint density at radius 3 is 2.88 bits per heavy atom. The number of nitrogen functional groups attached to an aromatic ring is 1. The number of benzene rings is 1. The maximum atomic E-state index is 12.2. The fourth-order valence-electron chi connectivity index (χ4n) is 2.06. The first kappa shape index (κ1) is 11.9. The topological polar surface area (TPSA) is 55.6 Å². The fourth-order valence-corrected chi connectivity index (χ4v) is 2.06. The normalized spacial score (nSPS) is 23.6. The first-order valence-corrected chi connectivity index (χ1v) is 5.84. The molecule has 0 aromatic heterocycles. The third-order valence-electron chi connectivity index (χ3n) is 3.22. The molecule has 1 fully saturated rings. The first-order valence-electron chi connectivity index (χ1n) is 5.84. The van der Waals surface area contributed by atoms with Gasteiger partial charge in [-0.3, -0.25) is 4.79 Å². The number of hydrogen-bond donors (Lipinski definition) is 1. The molecule has 4 nitrogen and oxygen atoms in total. The van der Waals surface area contributed by atoms with E-state index in [4.69, 9.17) is 10.5 Å². The van der Waals surface area contributed by atoms with Gasteiger partial charge in [0.2, 0.25) is 0 Å². The predicted octanol–water partition coefficient (Wildman–Crippen LogP) is 1.66. The predicted molar refractivity (Wildman–Crippen MR) is 67.8 cm³/mol. The molecule has 0 radical (unpaired) electrons. The van der Waals surface area contributed by atoms with Gasteiger partial charge in [0.1, 0.15) is 6.10 Å². The van der Waals surface area contributed by atoms with Crippen LogP contribution in [-0.4, -0.2) is 25.7 Å². The van der Waals surface area contributed by atoms with Gasteiger partial charge in [-0.2, -0.15) is 0 Å². The van der Waals surface area contributed by atoms with Gasteiger partial charge in [0.05, 0.1) is 0 Å². The van der Waals surface area contributed by atoms with Crippen molar-refractivity contribution >= 4 is 17.3 Å². The van der Waals surface area contributed by atoms with Gasteiger partial charge in [0.15, 0.2) is 0 Å². The van der Waals surface area contributed by atoms with E-state index in [9.17, 15) is 4.79 Å². The molecule has 2 N–H and O–H groups in total. The second kappa shape index (κ2) is 4.75. The molecular weight excluding hydrogens is 216 g/mol. The van der Waals surface area contributed by atoms with Crippen molar-refractivity contribution in [2.45, 2.75) is 19.4 Å². The van der Waals surface area contributed by atoms with Crippen LogP contribution in [0.5, 0.6) is 0 Å². The van der Waals surface area contributed by atoms with Gasteiger partial charge in [0, 0.05) is 25.0 Å². The van der Waals surface area contributed by atoms with Crippen LogP contribution in [0.1, 0.15) is 13.3 Å². The third kappa shape index (κ3) is 2.42. The number of amides is 1. The van der Waals surface area contributed by atoms with Crippen molar-refractivity contribution < 1.29 is 9.53 Å². The van der Waals surface area contributed by atoms with Gasteiger partial charge in [-0.25, -0.2) is 0 Å². The monoisotopic (exact) mass is 234 g/mol. The van der Waals surface area contributed by atoms with Crippen LogP contribution in [0.3, 0.4) is 0 Å². The lowest BCUT2D eigenvalue weighted by Gasteiger charge is -2.23. The molecule has 2 atom stereocenters. The van der Waals surface area contributed by atoms with E-state index in [-0.39, 0.29) is 17.9 Å². The van der Waals surface area contributed by atoms with E-state index < -0.39 is 0 Å². The van der Waals surface area contributed by atoms with Crippen LogP contribution >= 0.6 is 0 Å². The molecule has 1 aliphatic heterocycles. The molecule has 1 aromatic carbocycles. The molecule has 92 valence electrons. The van der Waals surface area contributed by atoms with Crippen molar-refractivity contribution in [2.24, 2.45) is 5.92 Å². The smallest absolute Gasteiger partial charge is 0.256 e. The minimum atomic E-state index is -0.318. The molecule has 0 saturated carbocycles. The number of rotatable bonds is 2. The molecule has 1 amide bonds. The fraction of sp³-hybridized carbons (Fsp3) is 0.462. The van der Waals surface area contributed by atoms with Gasteiger partial charge in [0.25, 0.3) is 5.91 Å². The second-order valence-electron chi connectivity index (χ2n) is 4.55. The Kier molecular flexibility index (Phi) is 3.33. The van der Waals surface area contributed by atoms with Gasteiger partial charge in [-0.15, -0.1) is 0 Å². The van der Waals surface area contributed by atoms with Crippen molar-refractivity contribution in [1.82, 2.24) is 0 Å². The maximum absolute atomic E-state index is 12.2. The number of carbonyl (C=O) groups is 1. The molecular formula is C13H18N2O2. The lowest BCUT2D eigenvalue weighted by atomic mass is 10.0. The number of nitrogens with zero attached hydrogens (tertiary/aromatic N) is 1. The highest BCUT2D eigenvalue weighted by molar-refractivity contribution is 5.96. The summed E-state index contributed by atoms with van der Waals surface area (Å²) < 4.78 is 5.48. The van der Waals surface area contributed by atoms with Gasteiger partial charge in [-0.05, 0) is 30.5 Å². The Labute approximate surface area is 101 Å². The maximum Gasteiger partial charge on any atom is 0.256 e. The van der Waals surface area contributed by atoms with Crippen molar-refractivity contribution in [3.05, 3.63) is 24.3 Å². The van der Waals surface area contributed by atoms with E-state index in [0.717, 1.165) is 12.1 Å². The zero-order chi connectivity index (χ0) is 12.4. The van der Waals surface area contributed by atoms with Crippen LogP contribution in [0.25, 0.3) is 0 Å². The Hall–Kier alpha value is -1.55. The summed E-state index contributed by atoms with van der Waals surface area (Å²) in [7, 11) is 1.76. The number of anilines is 2. The lowest BCUT2D eigenvalue weighted by Crippen LogP contribution is -2.38. The molecule has 1 heterocycles. The van der Waals surface area contributed by atoms with Gasteiger partial charge in [-0.1, -0.05) is 13.0 Å². The number of carbonyl (C=O) groups excluding carboxylic acids is 1. The van der Waals surface area contributed by atoms with Crippen molar-refractivity contribution in [2.75, 3.05) is 24.3 Å². The molecule has 0 aliphatic carbocycles. The molecule has 1 aliphatic rings. The minimum absolute atomic E-state index is 0.000556. The molecule has 0 spiro atoms. The summed E-state index contributed by atoms with van der Waals surface area (Å²) in [5.74, 6) is 0.284. The first-order chi connectivity index (χ1) is 8.09. The summed E-state index contributed by atoms with van der Waals surface area (Å²) in [4.78, 5) is 13.8. The van der Waals surface area contributed by atoms with E-state index in [1.54, 1.807) is 24.1 Å². The zero-order valence-corrected chi connectivity index (χ0v) is 10.2. The van der Waals surface area contributed by atoms with Crippen LogP contribution in [-0.2, 0) is 9.53 Å². The highest BCUT2D eigenvalue weighted by Crippen LogP contribution is 2.24. The average molecular weight is 234 g/mol. The van der Waals surface area contributed by atoms with Crippen LogP contribution < -0.4 is 10.6 Å². The Bertz CT molecular complexity index is 420. The molecule has 2 unspecified atom stereocenters.